The predicted octanol–water partition coefficient (Wildman–Crippen LogP) is 5.25. The van der Waals surface area contributed by atoms with Gasteiger partial charge in [0.25, 0.3) is 0 Å². The van der Waals surface area contributed by atoms with Gasteiger partial charge in [-0.1, -0.05) is 38.3 Å². The molecule has 0 unspecified atom stereocenters. The van der Waals surface area contributed by atoms with Crippen molar-refractivity contribution >= 4 is 28.5 Å². The Morgan fingerprint density at radius 1 is 1.07 bits per heavy atom. The van der Waals surface area contributed by atoms with Crippen LogP contribution >= 0.6 is 11.6 Å². The van der Waals surface area contributed by atoms with Gasteiger partial charge in [0.1, 0.15) is 5.52 Å². The SMILES string of the molecule is CCCC(CCC)N1CCn2c(=O)n(-c3ccc(Cl)cc3C)c3nc(C)cc1c32. The van der Waals surface area contributed by atoms with Crippen LogP contribution in [0.5, 0.6) is 0 Å². The average Bonchev–Trinajstić information content (AvgIpc) is 2.95. The Balaban J connectivity index is 1.97. The molecule has 5 nitrogen and oxygen atoms in total. The molecule has 0 saturated carbocycles. The third kappa shape index (κ3) is 3.35. The molecule has 0 N–H and O–H groups in total. The first kappa shape index (κ1) is 20.0. The largest absolute Gasteiger partial charge is 0.365 e. The van der Waals surface area contributed by atoms with Gasteiger partial charge in [0.15, 0.2) is 5.65 Å². The van der Waals surface area contributed by atoms with Crippen LogP contribution in [0.25, 0.3) is 16.9 Å². The van der Waals surface area contributed by atoms with Crippen molar-refractivity contribution in [2.45, 2.75) is 66.0 Å². The van der Waals surface area contributed by atoms with Crippen LogP contribution in [0.1, 0.15) is 50.8 Å². The number of nitrogens with zero attached hydrogens (tertiary/aromatic N) is 4. The van der Waals surface area contributed by atoms with Gasteiger partial charge in [-0.15, -0.1) is 0 Å². The lowest BCUT2D eigenvalue weighted by Gasteiger charge is -2.37. The standard InChI is InChI=1S/C23H29ClN4O/c1-5-7-18(8-6-2)26-11-12-27-21-20(26)14-16(4)25-22(21)28(23(27)29)19-10-9-17(24)13-15(19)3/h9-10,13-14,18H,5-8,11-12H2,1-4H3. The number of hydrogen-bond acceptors (Lipinski definition) is 3. The van der Waals surface area contributed by atoms with Crippen molar-refractivity contribution in [3.05, 3.63) is 51.0 Å². The fourth-order valence-corrected chi connectivity index (χ4v) is 4.92. The predicted molar refractivity (Wildman–Crippen MR) is 121 cm³/mol. The Hall–Kier alpha value is -2.27. The Morgan fingerprint density at radius 2 is 1.79 bits per heavy atom. The quantitative estimate of drug-likeness (QED) is 0.555. The van der Waals surface area contributed by atoms with E-state index in [0.717, 1.165) is 66.0 Å². The number of pyridine rings is 1. The molecule has 0 bridgehead atoms. The molecule has 6 heteroatoms. The number of benzene rings is 1. The number of anilines is 1. The van der Waals surface area contributed by atoms with Gasteiger partial charge >= 0.3 is 5.69 Å². The smallest absolute Gasteiger partial charge is 0.335 e. The van der Waals surface area contributed by atoms with Crippen LogP contribution in [0.3, 0.4) is 0 Å². The second-order valence-electron chi connectivity index (χ2n) is 8.08. The lowest BCUT2D eigenvalue weighted by molar-refractivity contribution is 0.480. The third-order valence-corrected chi connectivity index (χ3v) is 6.18. The minimum Gasteiger partial charge on any atom is -0.365 e. The van der Waals surface area contributed by atoms with E-state index >= 15 is 0 Å². The highest BCUT2D eigenvalue weighted by molar-refractivity contribution is 6.30. The maximum atomic E-state index is 13.4. The molecule has 3 heterocycles. The van der Waals surface area contributed by atoms with Crippen LogP contribution in [-0.2, 0) is 6.54 Å². The van der Waals surface area contributed by atoms with Gasteiger partial charge in [-0.05, 0) is 56.5 Å². The molecular weight excluding hydrogens is 384 g/mol. The summed E-state index contributed by atoms with van der Waals surface area (Å²) in [6, 6.07) is 8.29. The van der Waals surface area contributed by atoms with Crippen LogP contribution in [0, 0.1) is 13.8 Å². The number of aromatic nitrogens is 3. The lowest BCUT2D eigenvalue weighted by Crippen LogP contribution is -2.42. The maximum absolute atomic E-state index is 13.4. The first-order valence-electron chi connectivity index (χ1n) is 10.6. The fourth-order valence-electron chi connectivity index (χ4n) is 4.70. The van der Waals surface area contributed by atoms with Gasteiger partial charge < -0.3 is 4.90 Å². The number of imidazole rings is 1. The highest BCUT2D eigenvalue weighted by Gasteiger charge is 2.29. The van der Waals surface area contributed by atoms with E-state index in [1.165, 1.54) is 0 Å². The molecule has 4 rings (SSSR count). The van der Waals surface area contributed by atoms with E-state index < -0.39 is 0 Å². The summed E-state index contributed by atoms with van der Waals surface area (Å²) < 4.78 is 3.66. The van der Waals surface area contributed by atoms with Crippen LogP contribution < -0.4 is 10.6 Å². The third-order valence-electron chi connectivity index (χ3n) is 5.94. The normalized spacial score (nSPS) is 13.7. The summed E-state index contributed by atoms with van der Waals surface area (Å²) in [7, 11) is 0. The van der Waals surface area contributed by atoms with Crippen molar-refractivity contribution in [3.8, 4) is 5.69 Å². The number of aryl methyl sites for hydroxylation is 2. The molecule has 0 fully saturated rings. The minimum atomic E-state index is -0.0213. The van der Waals surface area contributed by atoms with Gasteiger partial charge in [0.05, 0.1) is 11.4 Å². The zero-order chi connectivity index (χ0) is 20.7. The number of halogens is 1. The van der Waals surface area contributed by atoms with Crippen LogP contribution in [0.15, 0.2) is 29.1 Å². The number of hydrogen-bond donors (Lipinski definition) is 0. The topological polar surface area (TPSA) is 43.1 Å². The lowest BCUT2D eigenvalue weighted by atomic mass is 10.0. The highest BCUT2D eigenvalue weighted by atomic mass is 35.5. The zero-order valence-corrected chi connectivity index (χ0v) is 18.5. The van der Waals surface area contributed by atoms with Crippen LogP contribution in [-0.4, -0.2) is 26.7 Å². The Morgan fingerprint density at radius 3 is 2.45 bits per heavy atom. The molecular formula is C23H29ClN4O. The van der Waals surface area contributed by atoms with Gasteiger partial charge in [0.2, 0.25) is 0 Å². The molecule has 0 aliphatic carbocycles. The monoisotopic (exact) mass is 412 g/mol. The van der Waals surface area contributed by atoms with Gasteiger partial charge in [-0.2, -0.15) is 0 Å². The molecule has 1 aliphatic rings. The molecule has 0 atom stereocenters. The summed E-state index contributed by atoms with van der Waals surface area (Å²) in [5, 5.41) is 0.672. The van der Waals surface area contributed by atoms with E-state index in [-0.39, 0.29) is 5.69 Å². The molecule has 3 aromatic rings. The summed E-state index contributed by atoms with van der Waals surface area (Å²) in [6.45, 7) is 10.0. The Bertz CT molecular complexity index is 1110. The second-order valence-corrected chi connectivity index (χ2v) is 8.52. The first-order chi connectivity index (χ1) is 14.0. The molecule has 1 aliphatic heterocycles. The second kappa shape index (κ2) is 7.86. The van der Waals surface area contributed by atoms with Gasteiger partial charge in [-0.3, -0.25) is 4.57 Å². The highest BCUT2D eigenvalue weighted by Crippen LogP contribution is 2.34. The van der Waals surface area contributed by atoms with E-state index in [9.17, 15) is 4.79 Å². The molecule has 154 valence electrons. The van der Waals surface area contributed by atoms with Crippen molar-refractivity contribution in [1.29, 1.82) is 0 Å². The molecule has 1 aromatic carbocycles. The Kier molecular flexibility index (Phi) is 5.43. The molecule has 2 aromatic heterocycles. The summed E-state index contributed by atoms with van der Waals surface area (Å²) in [4.78, 5) is 20.7. The zero-order valence-electron chi connectivity index (χ0n) is 17.7. The number of rotatable bonds is 6. The average molecular weight is 413 g/mol. The summed E-state index contributed by atoms with van der Waals surface area (Å²) in [6.07, 6.45) is 4.65. The van der Waals surface area contributed by atoms with Crippen molar-refractivity contribution < 1.29 is 0 Å². The van der Waals surface area contributed by atoms with Crippen molar-refractivity contribution in [1.82, 2.24) is 14.1 Å². The minimum absolute atomic E-state index is 0.0213. The molecule has 29 heavy (non-hydrogen) atoms. The van der Waals surface area contributed by atoms with E-state index in [2.05, 4.69) is 24.8 Å². The van der Waals surface area contributed by atoms with Crippen molar-refractivity contribution in [3.63, 3.8) is 0 Å². The van der Waals surface area contributed by atoms with Gasteiger partial charge in [0, 0.05) is 29.8 Å². The van der Waals surface area contributed by atoms with Crippen LogP contribution in [0.4, 0.5) is 5.69 Å². The molecule has 0 radical (unpaired) electrons. The van der Waals surface area contributed by atoms with E-state index in [1.54, 1.807) is 4.57 Å². The fraction of sp³-hybridized carbons (Fsp3) is 0.478. The van der Waals surface area contributed by atoms with E-state index in [0.29, 0.717) is 17.6 Å². The summed E-state index contributed by atoms with van der Waals surface area (Å²) in [5.74, 6) is 0. The van der Waals surface area contributed by atoms with Crippen molar-refractivity contribution in [2.75, 3.05) is 11.4 Å². The van der Waals surface area contributed by atoms with E-state index in [1.807, 2.05) is 36.6 Å². The summed E-state index contributed by atoms with van der Waals surface area (Å²) >= 11 is 6.15. The van der Waals surface area contributed by atoms with Crippen LogP contribution in [0.2, 0.25) is 5.02 Å². The maximum Gasteiger partial charge on any atom is 0.335 e. The van der Waals surface area contributed by atoms with E-state index in [4.69, 9.17) is 16.6 Å². The summed E-state index contributed by atoms with van der Waals surface area (Å²) in [5.41, 5.74) is 5.57. The molecule has 0 spiro atoms. The molecule has 0 saturated heterocycles. The van der Waals surface area contributed by atoms with Gasteiger partial charge in [-0.25, -0.2) is 14.3 Å². The van der Waals surface area contributed by atoms with Crippen molar-refractivity contribution in [2.24, 2.45) is 0 Å². The Labute approximate surface area is 176 Å². The molecule has 0 amide bonds. The first-order valence-corrected chi connectivity index (χ1v) is 11.0.